The minimum Gasteiger partial charge on any atom is -0.444 e. The van der Waals surface area contributed by atoms with E-state index in [2.05, 4.69) is 5.10 Å². The lowest BCUT2D eigenvalue weighted by molar-refractivity contribution is -0.112. The molecule has 0 spiro atoms. The van der Waals surface area contributed by atoms with E-state index in [1.807, 2.05) is 0 Å². The van der Waals surface area contributed by atoms with E-state index in [-0.39, 0.29) is 0 Å². The molecule has 0 saturated heterocycles. The summed E-state index contributed by atoms with van der Waals surface area (Å²) in [6.45, 7) is 5.33. The number of nitrogens with zero attached hydrogens (tertiary/aromatic N) is 3. The molecule has 1 unspecified atom stereocenters. The average Bonchev–Trinajstić information content (AvgIpc) is 2.63. The smallest absolute Gasteiger partial charge is 0.410 e. The van der Waals surface area contributed by atoms with Gasteiger partial charge in [-0.25, -0.2) is 4.79 Å². The summed E-state index contributed by atoms with van der Waals surface area (Å²) in [5, 5.41) is 3.98. The van der Waals surface area contributed by atoms with E-state index in [0.29, 0.717) is 12.0 Å². The van der Waals surface area contributed by atoms with Crippen LogP contribution in [0.15, 0.2) is 12.3 Å². The highest BCUT2D eigenvalue weighted by molar-refractivity contribution is 5.74. The largest absolute Gasteiger partial charge is 0.444 e. The zero-order valence-corrected chi connectivity index (χ0v) is 11.4. The fraction of sp³-hybridized carbons (Fsp3) is 0.583. The molecule has 18 heavy (non-hydrogen) atoms. The Balaban J connectivity index is 2.87. The third-order valence-electron chi connectivity index (χ3n) is 2.39. The van der Waals surface area contributed by atoms with Crippen LogP contribution in [0, 0.1) is 0 Å². The van der Waals surface area contributed by atoms with Crippen molar-refractivity contribution in [1.82, 2.24) is 14.7 Å². The molecule has 0 radical (unpaired) electrons. The zero-order chi connectivity index (χ0) is 13.9. The van der Waals surface area contributed by atoms with E-state index < -0.39 is 17.7 Å². The summed E-state index contributed by atoms with van der Waals surface area (Å²) in [4.78, 5) is 24.3. The number of carbonyl (C=O) groups is 2. The Labute approximate surface area is 107 Å². The molecular formula is C12H19N3O3. The molecule has 0 saturated carbocycles. The number of ether oxygens (including phenoxy) is 1. The second kappa shape index (κ2) is 5.20. The Bertz CT molecular complexity index is 434. The molecule has 1 amide bonds. The van der Waals surface area contributed by atoms with Gasteiger partial charge < -0.3 is 9.53 Å². The number of rotatable bonds is 3. The second-order valence-corrected chi connectivity index (χ2v) is 5.05. The first-order valence-electron chi connectivity index (χ1n) is 5.65. The third kappa shape index (κ3) is 3.32. The maximum absolute atomic E-state index is 11.9. The Morgan fingerprint density at radius 3 is 2.56 bits per heavy atom. The lowest BCUT2D eigenvalue weighted by Gasteiger charge is -2.27. The molecule has 1 aromatic heterocycles. The molecule has 6 heteroatoms. The van der Waals surface area contributed by atoms with Crippen LogP contribution in [0.3, 0.4) is 0 Å². The Kier molecular flexibility index (Phi) is 4.11. The van der Waals surface area contributed by atoms with Gasteiger partial charge in [0.05, 0.1) is 5.69 Å². The summed E-state index contributed by atoms with van der Waals surface area (Å²) in [5.74, 6) is 0. The van der Waals surface area contributed by atoms with Crippen molar-refractivity contribution >= 4 is 12.4 Å². The normalized spacial score (nSPS) is 12.9. The van der Waals surface area contributed by atoms with Crippen molar-refractivity contribution in [2.24, 2.45) is 7.05 Å². The van der Waals surface area contributed by atoms with Gasteiger partial charge in [-0.15, -0.1) is 0 Å². The van der Waals surface area contributed by atoms with Crippen LogP contribution in [0.25, 0.3) is 0 Å². The van der Waals surface area contributed by atoms with Gasteiger partial charge in [0, 0.05) is 20.3 Å². The SMILES string of the molecule is CN(C(=O)OC(C)(C)C)C(C=O)c1ccnn1C. The highest BCUT2D eigenvalue weighted by atomic mass is 16.6. The van der Waals surface area contributed by atoms with Crippen molar-refractivity contribution in [1.29, 1.82) is 0 Å². The highest BCUT2D eigenvalue weighted by Gasteiger charge is 2.27. The van der Waals surface area contributed by atoms with Crippen LogP contribution in [0.4, 0.5) is 4.79 Å². The fourth-order valence-electron chi connectivity index (χ4n) is 1.48. The lowest BCUT2D eigenvalue weighted by atomic mass is 10.2. The van der Waals surface area contributed by atoms with Crippen molar-refractivity contribution in [3.8, 4) is 0 Å². The minimum atomic E-state index is -0.702. The van der Waals surface area contributed by atoms with Crippen LogP contribution >= 0.6 is 0 Å². The molecular weight excluding hydrogens is 234 g/mol. The molecule has 6 nitrogen and oxygen atoms in total. The maximum atomic E-state index is 11.9. The number of likely N-dealkylation sites (N-methyl/N-ethyl adjacent to an activating group) is 1. The molecule has 0 N–H and O–H groups in total. The Morgan fingerprint density at radius 2 is 2.17 bits per heavy atom. The number of aryl methyl sites for hydroxylation is 1. The van der Waals surface area contributed by atoms with Gasteiger partial charge in [0.15, 0.2) is 0 Å². The summed E-state index contributed by atoms with van der Waals surface area (Å²) in [6.07, 6.45) is 1.73. The van der Waals surface area contributed by atoms with E-state index in [1.165, 1.54) is 11.9 Å². The average molecular weight is 253 g/mol. The second-order valence-electron chi connectivity index (χ2n) is 5.05. The standard InChI is InChI=1S/C12H19N3O3/c1-12(2,3)18-11(17)14(4)10(8-16)9-6-7-13-15(9)5/h6-8,10H,1-5H3. The topological polar surface area (TPSA) is 64.4 Å². The van der Waals surface area contributed by atoms with Crippen LogP contribution in [0.1, 0.15) is 32.5 Å². The maximum Gasteiger partial charge on any atom is 0.410 e. The predicted octanol–water partition coefficient (Wildman–Crippen LogP) is 1.53. The molecule has 1 rings (SSSR count). The van der Waals surface area contributed by atoms with Crippen molar-refractivity contribution in [3.05, 3.63) is 18.0 Å². The van der Waals surface area contributed by atoms with Gasteiger partial charge in [0.2, 0.25) is 0 Å². The molecule has 100 valence electrons. The minimum absolute atomic E-state index is 0.541. The number of carbonyl (C=O) groups excluding carboxylic acids is 2. The summed E-state index contributed by atoms with van der Waals surface area (Å²) in [7, 11) is 3.24. The van der Waals surface area contributed by atoms with Gasteiger partial charge in [-0.2, -0.15) is 5.10 Å². The predicted molar refractivity (Wildman–Crippen MR) is 66.0 cm³/mol. The van der Waals surface area contributed by atoms with Gasteiger partial charge in [0.25, 0.3) is 0 Å². The van der Waals surface area contributed by atoms with Crippen molar-refractivity contribution < 1.29 is 14.3 Å². The van der Waals surface area contributed by atoms with Crippen molar-refractivity contribution in [2.45, 2.75) is 32.4 Å². The van der Waals surface area contributed by atoms with Crippen molar-refractivity contribution in [3.63, 3.8) is 0 Å². The first kappa shape index (κ1) is 14.2. The van der Waals surface area contributed by atoms with Crippen LogP contribution in [-0.4, -0.2) is 39.7 Å². The van der Waals surface area contributed by atoms with Gasteiger partial charge in [-0.1, -0.05) is 0 Å². The summed E-state index contributed by atoms with van der Waals surface area (Å²) < 4.78 is 6.77. The van der Waals surface area contributed by atoms with Gasteiger partial charge in [-0.3, -0.25) is 9.58 Å². The van der Waals surface area contributed by atoms with E-state index in [0.717, 1.165) is 0 Å². The first-order chi connectivity index (χ1) is 8.26. The fourth-order valence-corrected chi connectivity index (χ4v) is 1.48. The van der Waals surface area contributed by atoms with Gasteiger partial charge >= 0.3 is 6.09 Å². The van der Waals surface area contributed by atoms with E-state index >= 15 is 0 Å². The number of amides is 1. The molecule has 0 aromatic carbocycles. The summed E-state index contributed by atoms with van der Waals surface area (Å²) in [6, 6.07) is 0.993. The molecule has 0 aliphatic rings. The number of hydrogen-bond acceptors (Lipinski definition) is 4. The van der Waals surface area contributed by atoms with E-state index in [1.54, 1.807) is 44.8 Å². The molecule has 1 heterocycles. The molecule has 0 aliphatic heterocycles. The molecule has 1 atom stereocenters. The van der Waals surface area contributed by atoms with E-state index in [4.69, 9.17) is 4.74 Å². The Hall–Kier alpha value is -1.85. The van der Waals surface area contributed by atoms with Crippen LogP contribution < -0.4 is 0 Å². The molecule has 1 aromatic rings. The molecule has 0 bridgehead atoms. The van der Waals surface area contributed by atoms with Gasteiger partial charge in [-0.05, 0) is 26.8 Å². The monoisotopic (exact) mass is 253 g/mol. The molecule has 0 aliphatic carbocycles. The third-order valence-corrected chi connectivity index (χ3v) is 2.39. The quantitative estimate of drug-likeness (QED) is 0.766. The van der Waals surface area contributed by atoms with Crippen molar-refractivity contribution in [2.75, 3.05) is 7.05 Å². The number of hydrogen-bond donors (Lipinski definition) is 0. The van der Waals surface area contributed by atoms with E-state index in [9.17, 15) is 9.59 Å². The number of aromatic nitrogens is 2. The van der Waals surface area contributed by atoms with Gasteiger partial charge in [0.1, 0.15) is 17.9 Å². The summed E-state index contributed by atoms with van der Waals surface area (Å²) >= 11 is 0. The summed E-state index contributed by atoms with van der Waals surface area (Å²) in [5.41, 5.74) is 0.0453. The Morgan fingerprint density at radius 1 is 1.56 bits per heavy atom. The van der Waals surface area contributed by atoms with Crippen LogP contribution in [0.5, 0.6) is 0 Å². The first-order valence-corrected chi connectivity index (χ1v) is 5.65. The zero-order valence-electron chi connectivity index (χ0n) is 11.4. The number of aldehydes is 1. The van der Waals surface area contributed by atoms with Crippen LogP contribution in [-0.2, 0) is 16.6 Å². The highest BCUT2D eigenvalue weighted by Crippen LogP contribution is 2.19. The lowest BCUT2D eigenvalue weighted by Crippen LogP contribution is -2.37. The molecule has 0 fully saturated rings. The van der Waals surface area contributed by atoms with Crippen LogP contribution in [0.2, 0.25) is 0 Å².